The molecule has 0 amide bonds. The van der Waals surface area contributed by atoms with E-state index in [9.17, 15) is 4.21 Å². The van der Waals surface area contributed by atoms with E-state index >= 15 is 0 Å². The van der Waals surface area contributed by atoms with Crippen LogP contribution in [-0.2, 0) is 11.1 Å². The van der Waals surface area contributed by atoms with Crippen molar-refractivity contribution in [3.05, 3.63) is 52.5 Å². The van der Waals surface area contributed by atoms with Gasteiger partial charge < -0.3 is 8.92 Å². The third-order valence-electron chi connectivity index (χ3n) is 2.30. The van der Waals surface area contributed by atoms with E-state index in [1.54, 1.807) is 42.5 Å². The molecule has 1 unspecified atom stereocenters. The molecule has 0 spiro atoms. The number of methoxy groups -OCH3 is 1. The van der Waals surface area contributed by atoms with Crippen LogP contribution in [-0.4, -0.2) is 11.3 Å². The molecule has 100 valence electrons. The fraction of sp³-hybridized carbons (Fsp3) is 0.0769. The van der Waals surface area contributed by atoms with Crippen LogP contribution in [0.15, 0.2) is 47.4 Å². The van der Waals surface area contributed by atoms with E-state index in [1.165, 1.54) is 7.11 Å². The highest BCUT2D eigenvalue weighted by molar-refractivity contribution is 7.80. The van der Waals surface area contributed by atoms with Crippen molar-refractivity contribution >= 4 is 34.3 Å². The Labute approximate surface area is 123 Å². The molecule has 0 aliphatic carbocycles. The van der Waals surface area contributed by atoms with Crippen LogP contribution in [0.1, 0.15) is 0 Å². The highest BCUT2D eigenvalue weighted by Gasteiger charge is 2.08. The molecule has 0 saturated carbocycles. The lowest BCUT2D eigenvalue weighted by atomic mass is 10.3. The molecule has 0 radical (unpaired) electrons. The summed E-state index contributed by atoms with van der Waals surface area (Å²) in [4.78, 5) is 0.524. The van der Waals surface area contributed by atoms with E-state index in [2.05, 4.69) is 0 Å². The average molecular weight is 317 g/mol. The quantitative estimate of drug-likeness (QED) is 0.851. The summed E-state index contributed by atoms with van der Waals surface area (Å²) in [7, 11) is 1.52. The maximum Gasteiger partial charge on any atom is 0.240 e. The Morgan fingerprint density at radius 3 is 2.32 bits per heavy atom. The van der Waals surface area contributed by atoms with Crippen LogP contribution < -0.4 is 8.92 Å². The summed E-state index contributed by atoms with van der Waals surface area (Å²) in [6, 6.07) is 11.4. The molecule has 19 heavy (non-hydrogen) atoms. The zero-order chi connectivity index (χ0) is 13.8. The van der Waals surface area contributed by atoms with Gasteiger partial charge in [-0.2, -0.15) is 0 Å². The number of benzene rings is 2. The molecule has 0 aliphatic rings. The lowest BCUT2D eigenvalue weighted by Gasteiger charge is -2.07. The average Bonchev–Trinajstić information content (AvgIpc) is 2.39. The Morgan fingerprint density at radius 1 is 1.05 bits per heavy atom. The SMILES string of the molecule is COc1ccc(OS(=O)c2ccc(Cl)cc2)cc1Cl. The van der Waals surface area contributed by atoms with Gasteiger partial charge in [0, 0.05) is 11.1 Å². The van der Waals surface area contributed by atoms with E-state index in [4.69, 9.17) is 32.1 Å². The summed E-state index contributed by atoms with van der Waals surface area (Å²) >= 11 is 10.1. The van der Waals surface area contributed by atoms with Gasteiger partial charge in [0.15, 0.2) is 0 Å². The van der Waals surface area contributed by atoms with Crippen LogP contribution in [0, 0.1) is 0 Å². The van der Waals surface area contributed by atoms with E-state index < -0.39 is 11.1 Å². The second kappa shape index (κ2) is 6.28. The molecule has 1 atom stereocenters. The molecule has 2 rings (SSSR count). The number of hydrogen-bond acceptors (Lipinski definition) is 3. The van der Waals surface area contributed by atoms with Crippen molar-refractivity contribution in [1.29, 1.82) is 0 Å². The second-order valence-electron chi connectivity index (χ2n) is 3.57. The fourth-order valence-electron chi connectivity index (χ4n) is 1.38. The largest absolute Gasteiger partial charge is 0.495 e. The standard InChI is InChI=1S/C13H10Cl2O3S/c1-17-13-7-4-10(8-12(13)15)18-19(16)11-5-2-9(14)3-6-11/h2-8H,1H3. The first-order valence-electron chi connectivity index (χ1n) is 5.29. The third-order valence-corrected chi connectivity index (χ3v) is 3.85. The normalized spacial score (nSPS) is 11.9. The fourth-order valence-corrected chi connectivity index (χ4v) is 2.49. The molecule has 0 fully saturated rings. The van der Waals surface area contributed by atoms with Gasteiger partial charge in [-0.1, -0.05) is 23.2 Å². The Morgan fingerprint density at radius 2 is 1.74 bits per heavy atom. The smallest absolute Gasteiger partial charge is 0.240 e. The van der Waals surface area contributed by atoms with Crippen molar-refractivity contribution in [3.8, 4) is 11.5 Å². The molecule has 2 aromatic rings. The molecule has 0 heterocycles. The minimum atomic E-state index is -1.62. The van der Waals surface area contributed by atoms with Gasteiger partial charge in [-0.3, -0.25) is 0 Å². The van der Waals surface area contributed by atoms with Gasteiger partial charge in [0.1, 0.15) is 11.5 Å². The first-order chi connectivity index (χ1) is 9.10. The lowest BCUT2D eigenvalue weighted by molar-refractivity contribution is 0.414. The van der Waals surface area contributed by atoms with Gasteiger partial charge in [0.2, 0.25) is 11.1 Å². The summed E-state index contributed by atoms with van der Waals surface area (Å²) < 4.78 is 22.3. The maximum absolute atomic E-state index is 12.0. The monoisotopic (exact) mass is 316 g/mol. The minimum Gasteiger partial charge on any atom is -0.495 e. The van der Waals surface area contributed by atoms with Crippen molar-refractivity contribution in [2.45, 2.75) is 4.90 Å². The van der Waals surface area contributed by atoms with Crippen molar-refractivity contribution in [1.82, 2.24) is 0 Å². The highest BCUT2D eigenvalue weighted by atomic mass is 35.5. The third kappa shape index (κ3) is 3.62. The summed E-state index contributed by atoms with van der Waals surface area (Å²) in [6.07, 6.45) is 0. The van der Waals surface area contributed by atoms with Crippen LogP contribution in [0.3, 0.4) is 0 Å². The summed E-state index contributed by atoms with van der Waals surface area (Å²) in [6.45, 7) is 0. The van der Waals surface area contributed by atoms with E-state index in [0.717, 1.165) is 0 Å². The predicted molar refractivity (Wildman–Crippen MR) is 76.5 cm³/mol. The molecule has 0 aliphatic heterocycles. The predicted octanol–water partition coefficient (Wildman–Crippen LogP) is 4.10. The van der Waals surface area contributed by atoms with E-state index in [0.29, 0.717) is 26.4 Å². The molecule has 0 saturated heterocycles. The maximum atomic E-state index is 12.0. The molecule has 3 nitrogen and oxygen atoms in total. The van der Waals surface area contributed by atoms with Gasteiger partial charge in [0.25, 0.3) is 0 Å². The Hall–Kier alpha value is -1.23. The Kier molecular flexibility index (Phi) is 4.69. The molecular formula is C13H10Cl2O3S. The van der Waals surface area contributed by atoms with Gasteiger partial charge in [-0.15, -0.1) is 0 Å². The topological polar surface area (TPSA) is 35.5 Å². The van der Waals surface area contributed by atoms with E-state index in [-0.39, 0.29) is 0 Å². The molecule has 0 bridgehead atoms. The summed E-state index contributed by atoms with van der Waals surface area (Å²) in [5, 5.41) is 0.973. The van der Waals surface area contributed by atoms with Gasteiger partial charge in [0.05, 0.1) is 17.0 Å². The molecule has 6 heteroatoms. The molecule has 0 N–H and O–H groups in total. The number of ether oxygens (including phenoxy) is 1. The molecule has 0 aromatic heterocycles. The first kappa shape index (κ1) is 14.2. The van der Waals surface area contributed by atoms with Crippen LogP contribution in [0.2, 0.25) is 10.0 Å². The number of hydrogen-bond donors (Lipinski definition) is 0. The van der Waals surface area contributed by atoms with Gasteiger partial charge in [-0.05, 0) is 36.4 Å². The van der Waals surface area contributed by atoms with Gasteiger partial charge >= 0.3 is 0 Å². The molecule has 2 aromatic carbocycles. The Balaban J connectivity index is 2.14. The zero-order valence-electron chi connectivity index (χ0n) is 9.93. The van der Waals surface area contributed by atoms with E-state index in [1.807, 2.05) is 0 Å². The van der Waals surface area contributed by atoms with Crippen molar-refractivity contribution in [3.63, 3.8) is 0 Å². The second-order valence-corrected chi connectivity index (χ2v) is 5.52. The van der Waals surface area contributed by atoms with Gasteiger partial charge in [-0.25, -0.2) is 4.21 Å². The summed E-state index contributed by atoms with van der Waals surface area (Å²) in [5.74, 6) is 0.936. The Bertz CT molecular complexity index is 599. The summed E-state index contributed by atoms with van der Waals surface area (Å²) in [5.41, 5.74) is 0. The minimum absolute atomic E-state index is 0.396. The van der Waals surface area contributed by atoms with Crippen LogP contribution >= 0.6 is 23.2 Å². The van der Waals surface area contributed by atoms with Crippen molar-refractivity contribution < 1.29 is 13.1 Å². The van der Waals surface area contributed by atoms with Crippen LogP contribution in [0.25, 0.3) is 0 Å². The first-order valence-corrected chi connectivity index (χ1v) is 7.12. The van der Waals surface area contributed by atoms with Crippen molar-refractivity contribution in [2.75, 3.05) is 7.11 Å². The number of rotatable bonds is 4. The van der Waals surface area contributed by atoms with Crippen LogP contribution in [0.4, 0.5) is 0 Å². The van der Waals surface area contributed by atoms with Crippen LogP contribution in [0.5, 0.6) is 11.5 Å². The number of halogens is 2. The highest BCUT2D eigenvalue weighted by Crippen LogP contribution is 2.29. The van der Waals surface area contributed by atoms with Crippen molar-refractivity contribution in [2.24, 2.45) is 0 Å². The zero-order valence-corrected chi connectivity index (χ0v) is 12.3. The molecular weight excluding hydrogens is 307 g/mol. The lowest BCUT2D eigenvalue weighted by Crippen LogP contribution is -2.00.